The van der Waals surface area contributed by atoms with Crippen LogP contribution in [0.5, 0.6) is 0 Å². The van der Waals surface area contributed by atoms with Crippen molar-refractivity contribution in [3.05, 3.63) is 47.3 Å². The van der Waals surface area contributed by atoms with Gasteiger partial charge < -0.3 is 4.74 Å². The number of benzene rings is 1. The summed E-state index contributed by atoms with van der Waals surface area (Å²) in [6.07, 6.45) is -4.40. The van der Waals surface area contributed by atoms with Crippen molar-refractivity contribution in [2.24, 2.45) is 0 Å². The lowest BCUT2D eigenvalue weighted by molar-refractivity contribution is -0.137. The van der Waals surface area contributed by atoms with Gasteiger partial charge in [0, 0.05) is 5.56 Å². The first-order valence-electron chi connectivity index (χ1n) is 6.96. The predicted molar refractivity (Wildman–Crippen MR) is 83.5 cm³/mol. The van der Waals surface area contributed by atoms with Crippen molar-refractivity contribution in [2.45, 2.75) is 13.1 Å². The van der Waals surface area contributed by atoms with Crippen molar-refractivity contribution in [1.29, 1.82) is 0 Å². The number of methoxy groups -OCH3 is 1. The van der Waals surface area contributed by atoms with Gasteiger partial charge in [0.1, 0.15) is 5.01 Å². The summed E-state index contributed by atoms with van der Waals surface area (Å²) < 4.78 is 43.9. The molecule has 10 heteroatoms. The molecule has 0 spiro atoms. The Morgan fingerprint density at radius 1 is 1.20 bits per heavy atom. The van der Waals surface area contributed by atoms with Gasteiger partial charge in [0.15, 0.2) is 5.69 Å². The SMILES string of the molecule is COC(=O)c1cc(C)nn1-c1nnc(-c2ccc(C(F)(F)F)cc2)s1. The number of nitrogens with zero attached hydrogens (tertiary/aromatic N) is 4. The van der Waals surface area contributed by atoms with Gasteiger partial charge in [-0.05, 0) is 25.1 Å². The molecule has 0 aliphatic heterocycles. The first kappa shape index (κ1) is 17.1. The number of aryl methyl sites for hydroxylation is 1. The summed E-state index contributed by atoms with van der Waals surface area (Å²) in [6.45, 7) is 1.71. The van der Waals surface area contributed by atoms with Crippen LogP contribution in [-0.2, 0) is 10.9 Å². The molecule has 6 nitrogen and oxygen atoms in total. The number of hydrogen-bond donors (Lipinski definition) is 0. The van der Waals surface area contributed by atoms with E-state index >= 15 is 0 Å². The van der Waals surface area contributed by atoms with Gasteiger partial charge in [0.25, 0.3) is 0 Å². The molecule has 0 saturated heterocycles. The molecule has 0 aliphatic rings. The van der Waals surface area contributed by atoms with Gasteiger partial charge in [-0.2, -0.15) is 23.0 Å². The molecular weight excluding hydrogens is 357 g/mol. The Kier molecular flexibility index (Phi) is 4.29. The summed E-state index contributed by atoms with van der Waals surface area (Å²) in [6, 6.07) is 6.15. The summed E-state index contributed by atoms with van der Waals surface area (Å²) in [7, 11) is 1.25. The molecule has 0 radical (unpaired) electrons. The van der Waals surface area contributed by atoms with Crippen LogP contribution in [0.3, 0.4) is 0 Å². The molecule has 3 rings (SSSR count). The van der Waals surface area contributed by atoms with E-state index in [2.05, 4.69) is 15.3 Å². The third kappa shape index (κ3) is 3.38. The highest BCUT2D eigenvalue weighted by molar-refractivity contribution is 7.17. The molecule has 0 unspecified atom stereocenters. The minimum absolute atomic E-state index is 0.190. The Hall–Kier alpha value is -2.75. The van der Waals surface area contributed by atoms with Crippen molar-refractivity contribution < 1.29 is 22.7 Å². The Morgan fingerprint density at radius 2 is 1.88 bits per heavy atom. The van der Waals surface area contributed by atoms with Crippen LogP contribution in [0.2, 0.25) is 0 Å². The van der Waals surface area contributed by atoms with Crippen molar-refractivity contribution >= 4 is 17.3 Å². The number of carbonyl (C=O) groups excluding carboxylic acids is 1. The topological polar surface area (TPSA) is 69.9 Å². The molecule has 2 heterocycles. The molecule has 0 saturated carbocycles. The quantitative estimate of drug-likeness (QED) is 0.662. The average molecular weight is 368 g/mol. The first-order valence-corrected chi connectivity index (χ1v) is 7.77. The highest BCUT2D eigenvalue weighted by atomic mass is 32.1. The number of carbonyl (C=O) groups is 1. The normalized spacial score (nSPS) is 11.6. The fraction of sp³-hybridized carbons (Fsp3) is 0.200. The molecule has 1 aromatic carbocycles. The Morgan fingerprint density at radius 3 is 2.48 bits per heavy atom. The maximum absolute atomic E-state index is 12.6. The van der Waals surface area contributed by atoms with E-state index in [4.69, 9.17) is 4.74 Å². The van der Waals surface area contributed by atoms with Gasteiger partial charge in [-0.3, -0.25) is 0 Å². The summed E-state index contributed by atoms with van der Waals surface area (Å²) >= 11 is 1.10. The summed E-state index contributed by atoms with van der Waals surface area (Å²) in [5, 5.41) is 12.8. The van der Waals surface area contributed by atoms with Crippen LogP contribution in [0, 0.1) is 6.92 Å². The summed E-state index contributed by atoms with van der Waals surface area (Å²) in [4.78, 5) is 11.8. The molecule has 0 atom stereocenters. The maximum Gasteiger partial charge on any atom is 0.416 e. The third-order valence-electron chi connectivity index (χ3n) is 3.28. The Balaban J connectivity index is 1.95. The van der Waals surface area contributed by atoms with E-state index in [1.807, 2.05) is 0 Å². The number of alkyl halides is 3. The van der Waals surface area contributed by atoms with Gasteiger partial charge >= 0.3 is 12.1 Å². The van der Waals surface area contributed by atoms with Crippen LogP contribution in [0.25, 0.3) is 15.7 Å². The zero-order valence-corrected chi connectivity index (χ0v) is 13.9. The van der Waals surface area contributed by atoms with Crippen molar-refractivity contribution in [3.8, 4) is 15.7 Å². The molecule has 130 valence electrons. The zero-order chi connectivity index (χ0) is 18.2. The zero-order valence-electron chi connectivity index (χ0n) is 13.0. The molecule has 0 aliphatic carbocycles. The standard InChI is InChI=1S/C15H11F3N4O2S/c1-8-7-11(13(23)24-2)22(21-8)14-20-19-12(25-14)9-3-5-10(6-4-9)15(16,17)18/h3-7H,1-2H3. The van der Waals surface area contributed by atoms with Gasteiger partial charge in [0.05, 0.1) is 18.4 Å². The fourth-order valence-corrected chi connectivity index (χ4v) is 2.93. The molecule has 2 aromatic heterocycles. The Labute approximate surface area is 143 Å². The highest BCUT2D eigenvalue weighted by Gasteiger charge is 2.30. The number of esters is 1. The number of aromatic nitrogens is 4. The van der Waals surface area contributed by atoms with Crippen LogP contribution in [0.4, 0.5) is 13.2 Å². The smallest absolute Gasteiger partial charge is 0.416 e. The number of halogens is 3. The Bertz CT molecular complexity index is 916. The van der Waals surface area contributed by atoms with Crippen LogP contribution in [-0.4, -0.2) is 33.1 Å². The van der Waals surface area contributed by atoms with E-state index < -0.39 is 17.7 Å². The molecule has 3 aromatic rings. The molecule has 0 amide bonds. The number of ether oxygens (including phenoxy) is 1. The van der Waals surface area contributed by atoms with Gasteiger partial charge in [-0.25, -0.2) is 4.79 Å². The van der Waals surface area contributed by atoms with E-state index in [-0.39, 0.29) is 5.69 Å². The largest absolute Gasteiger partial charge is 0.464 e. The average Bonchev–Trinajstić information content (AvgIpc) is 3.20. The van der Waals surface area contributed by atoms with Crippen LogP contribution in [0.1, 0.15) is 21.7 Å². The molecule has 0 N–H and O–H groups in total. The first-order chi connectivity index (χ1) is 11.8. The van der Waals surface area contributed by atoms with Crippen molar-refractivity contribution in [2.75, 3.05) is 7.11 Å². The highest BCUT2D eigenvalue weighted by Crippen LogP contribution is 2.32. The van der Waals surface area contributed by atoms with Gasteiger partial charge in [0.2, 0.25) is 5.13 Å². The predicted octanol–water partition coefficient (Wildman–Crippen LogP) is 3.50. The van der Waals surface area contributed by atoms with E-state index in [1.54, 1.807) is 13.0 Å². The molecule has 25 heavy (non-hydrogen) atoms. The fourth-order valence-electron chi connectivity index (χ4n) is 2.11. The lowest BCUT2D eigenvalue weighted by Crippen LogP contribution is -2.10. The lowest BCUT2D eigenvalue weighted by atomic mass is 10.1. The third-order valence-corrected chi connectivity index (χ3v) is 4.23. The van der Waals surface area contributed by atoms with E-state index in [1.165, 1.54) is 23.9 Å². The maximum atomic E-state index is 12.6. The van der Waals surface area contributed by atoms with Crippen LogP contribution >= 0.6 is 11.3 Å². The van der Waals surface area contributed by atoms with Crippen molar-refractivity contribution in [3.63, 3.8) is 0 Å². The molecular formula is C15H11F3N4O2S. The van der Waals surface area contributed by atoms with Crippen LogP contribution in [0.15, 0.2) is 30.3 Å². The second-order valence-corrected chi connectivity index (χ2v) is 6.00. The summed E-state index contributed by atoms with van der Waals surface area (Å²) in [5.74, 6) is -0.577. The minimum Gasteiger partial charge on any atom is -0.464 e. The minimum atomic E-state index is -4.40. The number of rotatable bonds is 3. The lowest BCUT2D eigenvalue weighted by Gasteiger charge is -2.06. The second-order valence-electron chi connectivity index (χ2n) is 5.04. The van der Waals surface area contributed by atoms with Gasteiger partial charge in [-0.15, -0.1) is 10.2 Å². The van der Waals surface area contributed by atoms with Crippen LogP contribution < -0.4 is 0 Å². The summed E-state index contributed by atoms with van der Waals surface area (Å²) in [5.41, 5.74) is 0.527. The van der Waals surface area contributed by atoms with E-state index in [9.17, 15) is 18.0 Å². The van der Waals surface area contributed by atoms with Crippen molar-refractivity contribution in [1.82, 2.24) is 20.0 Å². The molecule has 0 bridgehead atoms. The monoisotopic (exact) mass is 368 g/mol. The van der Waals surface area contributed by atoms with E-state index in [0.29, 0.717) is 21.4 Å². The number of hydrogen-bond acceptors (Lipinski definition) is 6. The molecule has 0 fully saturated rings. The van der Waals surface area contributed by atoms with E-state index in [0.717, 1.165) is 23.5 Å². The second kappa shape index (κ2) is 6.28. The van der Waals surface area contributed by atoms with Gasteiger partial charge in [-0.1, -0.05) is 23.5 Å².